The molecular formula is C22H24N2O7S. The van der Waals surface area contributed by atoms with Gasteiger partial charge in [-0.3, -0.25) is 4.79 Å². The lowest BCUT2D eigenvalue weighted by Crippen LogP contribution is -2.40. The maximum Gasteiger partial charge on any atom is 0.331 e. The molecular weight excluding hydrogens is 436 g/mol. The fourth-order valence-corrected chi connectivity index (χ4v) is 4.34. The maximum atomic E-state index is 12.6. The molecule has 1 fully saturated rings. The SMILES string of the molecule is COc1cccc(NC(=O)COC(=O)/C=C/c2ccc(S(=O)(=O)N3CCOCC3)cc2)c1. The first kappa shape index (κ1) is 23.5. The average Bonchev–Trinajstić information content (AvgIpc) is 2.82. The van der Waals surface area contributed by atoms with Crippen LogP contribution >= 0.6 is 0 Å². The summed E-state index contributed by atoms with van der Waals surface area (Å²) in [6, 6.07) is 12.9. The minimum absolute atomic E-state index is 0.174. The number of rotatable bonds is 8. The molecule has 0 aliphatic carbocycles. The van der Waals surface area contributed by atoms with Gasteiger partial charge in [-0.15, -0.1) is 0 Å². The van der Waals surface area contributed by atoms with Crippen molar-refractivity contribution in [3.8, 4) is 5.75 Å². The summed E-state index contributed by atoms with van der Waals surface area (Å²) in [6.45, 7) is 0.943. The molecule has 170 valence electrons. The molecule has 0 atom stereocenters. The zero-order chi connectivity index (χ0) is 23.0. The van der Waals surface area contributed by atoms with Crippen molar-refractivity contribution in [3.63, 3.8) is 0 Å². The van der Waals surface area contributed by atoms with E-state index in [-0.39, 0.29) is 4.90 Å². The number of anilines is 1. The number of hydrogen-bond acceptors (Lipinski definition) is 7. The predicted molar refractivity (Wildman–Crippen MR) is 118 cm³/mol. The lowest BCUT2D eigenvalue weighted by atomic mass is 10.2. The fraction of sp³-hybridized carbons (Fsp3) is 0.273. The second-order valence-electron chi connectivity index (χ2n) is 6.81. The summed E-state index contributed by atoms with van der Waals surface area (Å²) in [4.78, 5) is 24.0. The third-order valence-corrected chi connectivity index (χ3v) is 6.51. The number of sulfonamides is 1. The number of nitrogens with zero attached hydrogens (tertiary/aromatic N) is 1. The highest BCUT2D eigenvalue weighted by Crippen LogP contribution is 2.18. The van der Waals surface area contributed by atoms with Crippen LogP contribution in [0.2, 0.25) is 0 Å². The molecule has 0 unspecified atom stereocenters. The van der Waals surface area contributed by atoms with E-state index in [0.717, 1.165) is 0 Å². The van der Waals surface area contributed by atoms with E-state index in [1.807, 2.05) is 0 Å². The summed E-state index contributed by atoms with van der Waals surface area (Å²) in [7, 11) is -2.05. The summed E-state index contributed by atoms with van der Waals surface area (Å²) in [5.74, 6) is -0.597. The van der Waals surface area contributed by atoms with Gasteiger partial charge in [0.05, 0.1) is 25.2 Å². The number of methoxy groups -OCH3 is 1. The first-order valence-electron chi connectivity index (χ1n) is 9.85. The van der Waals surface area contributed by atoms with Crippen molar-refractivity contribution in [3.05, 3.63) is 60.2 Å². The summed E-state index contributed by atoms with van der Waals surface area (Å²) >= 11 is 0. The Hall–Kier alpha value is -3.21. The number of esters is 1. The predicted octanol–water partition coefficient (Wildman–Crippen LogP) is 1.91. The largest absolute Gasteiger partial charge is 0.497 e. The molecule has 0 spiro atoms. The van der Waals surface area contributed by atoms with Crippen molar-refractivity contribution in [1.82, 2.24) is 4.31 Å². The van der Waals surface area contributed by atoms with Crippen LogP contribution < -0.4 is 10.1 Å². The number of hydrogen-bond donors (Lipinski definition) is 1. The van der Waals surface area contributed by atoms with Crippen molar-refractivity contribution in [1.29, 1.82) is 0 Å². The Kier molecular flexibility index (Phi) is 7.98. The molecule has 0 bridgehead atoms. The van der Waals surface area contributed by atoms with Crippen molar-refractivity contribution in [2.24, 2.45) is 0 Å². The fourth-order valence-electron chi connectivity index (χ4n) is 2.93. The molecule has 0 saturated carbocycles. The van der Waals surface area contributed by atoms with Crippen LogP contribution in [-0.4, -0.2) is 64.6 Å². The lowest BCUT2D eigenvalue weighted by Gasteiger charge is -2.26. The molecule has 1 N–H and O–H groups in total. The number of amides is 1. The van der Waals surface area contributed by atoms with Crippen LogP contribution in [0.1, 0.15) is 5.56 Å². The van der Waals surface area contributed by atoms with Gasteiger partial charge in [-0.2, -0.15) is 4.31 Å². The standard InChI is InChI=1S/C22H24N2O7S/c1-29-19-4-2-3-18(15-19)23-21(25)16-31-22(26)10-7-17-5-8-20(9-6-17)32(27,28)24-11-13-30-14-12-24/h2-10,15H,11-14,16H2,1H3,(H,23,25)/b10-7+. The third-order valence-electron chi connectivity index (χ3n) is 4.60. The molecule has 1 heterocycles. The molecule has 1 aliphatic rings. The molecule has 1 amide bonds. The number of carbonyl (C=O) groups is 2. The topological polar surface area (TPSA) is 111 Å². The quantitative estimate of drug-likeness (QED) is 0.473. The van der Waals surface area contributed by atoms with Gasteiger partial charge in [0, 0.05) is 30.9 Å². The number of carbonyl (C=O) groups excluding carboxylic acids is 2. The molecule has 2 aromatic carbocycles. The highest BCUT2D eigenvalue weighted by Gasteiger charge is 2.25. The van der Waals surface area contributed by atoms with Crippen molar-refractivity contribution in [2.45, 2.75) is 4.90 Å². The lowest BCUT2D eigenvalue weighted by molar-refractivity contribution is -0.142. The Morgan fingerprint density at radius 1 is 1.12 bits per heavy atom. The second-order valence-corrected chi connectivity index (χ2v) is 8.74. The van der Waals surface area contributed by atoms with Crippen LogP contribution in [0.5, 0.6) is 5.75 Å². The first-order chi connectivity index (χ1) is 15.4. The molecule has 9 nitrogen and oxygen atoms in total. The van der Waals surface area contributed by atoms with Gasteiger partial charge in [0.25, 0.3) is 5.91 Å². The van der Waals surface area contributed by atoms with Crippen LogP contribution in [0.15, 0.2) is 59.5 Å². The number of nitrogens with one attached hydrogen (secondary N) is 1. The van der Waals surface area contributed by atoms with E-state index in [1.165, 1.54) is 35.7 Å². The Morgan fingerprint density at radius 3 is 2.53 bits per heavy atom. The normalized spacial score (nSPS) is 14.8. The van der Waals surface area contributed by atoms with Gasteiger partial charge < -0.3 is 19.5 Å². The van der Waals surface area contributed by atoms with Crippen LogP contribution in [0.3, 0.4) is 0 Å². The molecule has 1 saturated heterocycles. The van der Waals surface area contributed by atoms with Crippen molar-refractivity contribution < 1.29 is 32.2 Å². The Morgan fingerprint density at radius 2 is 1.84 bits per heavy atom. The van der Waals surface area contributed by atoms with Gasteiger partial charge in [0.15, 0.2) is 6.61 Å². The summed E-state index contributed by atoms with van der Waals surface area (Å²) < 4.78 is 41.8. The van der Waals surface area contributed by atoms with E-state index in [1.54, 1.807) is 36.4 Å². The number of morpholine rings is 1. The number of ether oxygens (including phenoxy) is 3. The third kappa shape index (κ3) is 6.39. The second kappa shape index (κ2) is 10.9. The van der Waals surface area contributed by atoms with Crippen LogP contribution in [-0.2, 0) is 29.1 Å². The van der Waals surface area contributed by atoms with E-state index < -0.39 is 28.5 Å². The van der Waals surface area contributed by atoms with Crippen LogP contribution in [0, 0.1) is 0 Å². The Balaban J connectivity index is 1.50. The Bertz CT molecular complexity index is 1080. The molecule has 0 aromatic heterocycles. The van der Waals surface area contributed by atoms with Gasteiger partial charge in [-0.25, -0.2) is 13.2 Å². The van der Waals surface area contributed by atoms with Gasteiger partial charge in [0.2, 0.25) is 10.0 Å². The van der Waals surface area contributed by atoms with E-state index in [2.05, 4.69) is 5.32 Å². The van der Waals surface area contributed by atoms with Crippen LogP contribution in [0.25, 0.3) is 6.08 Å². The van der Waals surface area contributed by atoms with E-state index in [9.17, 15) is 18.0 Å². The first-order valence-corrected chi connectivity index (χ1v) is 11.3. The van der Waals surface area contributed by atoms with Gasteiger partial charge >= 0.3 is 5.97 Å². The zero-order valence-electron chi connectivity index (χ0n) is 17.5. The van der Waals surface area contributed by atoms with E-state index in [0.29, 0.717) is 43.3 Å². The van der Waals surface area contributed by atoms with Gasteiger partial charge in [-0.05, 0) is 35.9 Å². The average molecular weight is 461 g/mol. The minimum atomic E-state index is -3.57. The minimum Gasteiger partial charge on any atom is -0.497 e. The smallest absolute Gasteiger partial charge is 0.331 e. The molecule has 32 heavy (non-hydrogen) atoms. The maximum absolute atomic E-state index is 12.6. The van der Waals surface area contributed by atoms with Gasteiger partial charge in [0.1, 0.15) is 5.75 Å². The van der Waals surface area contributed by atoms with Crippen molar-refractivity contribution >= 4 is 33.7 Å². The van der Waals surface area contributed by atoms with Crippen molar-refractivity contribution in [2.75, 3.05) is 45.3 Å². The molecule has 0 radical (unpaired) electrons. The molecule has 10 heteroatoms. The van der Waals surface area contributed by atoms with E-state index >= 15 is 0 Å². The van der Waals surface area contributed by atoms with E-state index in [4.69, 9.17) is 14.2 Å². The zero-order valence-corrected chi connectivity index (χ0v) is 18.3. The Labute approximate surface area is 186 Å². The monoisotopic (exact) mass is 460 g/mol. The summed E-state index contributed by atoms with van der Waals surface area (Å²) in [5.41, 5.74) is 1.14. The van der Waals surface area contributed by atoms with Gasteiger partial charge in [-0.1, -0.05) is 18.2 Å². The highest BCUT2D eigenvalue weighted by atomic mass is 32.2. The highest BCUT2D eigenvalue weighted by molar-refractivity contribution is 7.89. The molecule has 3 rings (SSSR count). The molecule has 2 aromatic rings. The van der Waals surface area contributed by atoms with Crippen LogP contribution in [0.4, 0.5) is 5.69 Å². The summed E-state index contributed by atoms with van der Waals surface area (Å²) in [6.07, 6.45) is 2.65. The molecule has 1 aliphatic heterocycles. The number of benzene rings is 2. The summed E-state index contributed by atoms with van der Waals surface area (Å²) in [5, 5.41) is 2.60.